The number of hydrogen-bond acceptors (Lipinski definition) is 2. The molecule has 0 saturated heterocycles. The van der Waals surface area contributed by atoms with Crippen molar-refractivity contribution in [3.8, 4) is 0 Å². The van der Waals surface area contributed by atoms with Gasteiger partial charge in [0.1, 0.15) is 5.82 Å². The van der Waals surface area contributed by atoms with Crippen molar-refractivity contribution in [2.24, 2.45) is 5.41 Å². The second kappa shape index (κ2) is 4.74. The first-order valence-corrected chi connectivity index (χ1v) is 6.73. The van der Waals surface area contributed by atoms with Crippen LogP contribution in [0.3, 0.4) is 0 Å². The van der Waals surface area contributed by atoms with Gasteiger partial charge in [-0.15, -0.1) is 0 Å². The van der Waals surface area contributed by atoms with Crippen molar-refractivity contribution in [2.45, 2.75) is 45.6 Å². The molecule has 16 heavy (non-hydrogen) atoms. The van der Waals surface area contributed by atoms with E-state index in [-0.39, 0.29) is 0 Å². The van der Waals surface area contributed by atoms with Crippen LogP contribution in [0.5, 0.6) is 0 Å². The number of halogens is 1. The first-order chi connectivity index (χ1) is 7.55. The number of anilines is 1. The molecule has 0 aliphatic heterocycles. The molecular formula is C13H19BrN2. The van der Waals surface area contributed by atoms with Gasteiger partial charge in [-0.3, -0.25) is 0 Å². The maximum absolute atomic E-state index is 4.36. The van der Waals surface area contributed by atoms with Crippen molar-refractivity contribution in [2.75, 3.05) is 5.32 Å². The highest BCUT2D eigenvalue weighted by molar-refractivity contribution is 9.10. The standard InChI is InChI=1S/C13H19BrN2/c1-13(2)7-3-4-11(8-13)16-12-6-5-10(14)9-15-12/h5-6,9,11H,3-4,7-8H2,1-2H3,(H,15,16). The largest absolute Gasteiger partial charge is 0.367 e. The van der Waals surface area contributed by atoms with E-state index in [1.807, 2.05) is 18.3 Å². The summed E-state index contributed by atoms with van der Waals surface area (Å²) in [5, 5.41) is 3.53. The van der Waals surface area contributed by atoms with E-state index in [4.69, 9.17) is 0 Å². The fourth-order valence-electron chi connectivity index (χ4n) is 2.49. The van der Waals surface area contributed by atoms with Crippen molar-refractivity contribution in [3.05, 3.63) is 22.8 Å². The van der Waals surface area contributed by atoms with Crippen LogP contribution in [0.2, 0.25) is 0 Å². The maximum Gasteiger partial charge on any atom is 0.126 e. The molecule has 2 nitrogen and oxygen atoms in total. The fraction of sp³-hybridized carbons (Fsp3) is 0.615. The molecule has 0 spiro atoms. The second-order valence-corrected chi connectivity index (χ2v) is 6.38. The molecule has 1 fully saturated rings. The SMILES string of the molecule is CC1(C)CCCC(Nc2ccc(Br)cn2)C1. The summed E-state index contributed by atoms with van der Waals surface area (Å²) >= 11 is 3.40. The van der Waals surface area contributed by atoms with E-state index in [0.717, 1.165) is 10.3 Å². The highest BCUT2D eigenvalue weighted by Gasteiger charge is 2.27. The Morgan fingerprint density at radius 2 is 2.25 bits per heavy atom. The Morgan fingerprint density at radius 1 is 1.44 bits per heavy atom. The van der Waals surface area contributed by atoms with Gasteiger partial charge in [0, 0.05) is 16.7 Å². The molecule has 0 aromatic carbocycles. The zero-order chi connectivity index (χ0) is 11.6. The van der Waals surface area contributed by atoms with Gasteiger partial charge in [0.05, 0.1) is 0 Å². The molecule has 0 bridgehead atoms. The Kier molecular flexibility index (Phi) is 3.53. The van der Waals surface area contributed by atoms with E-state index in [9.17, 15) is 0 Å². The van der Waals surface area contributed by atoms with Crippen LogP contribution >= 0.6 is 15.9 Å². The van der Waals surface area contributed by atoms with Crippen LogP contribution in [0.1, 0.15) is 39.5 Å². The highest BCUT2D eigenvalue weighted by Crippen LogP contribution is 2.36. The first-order valence-electron chi connectivity index (χ1n) is 5.93. The number of nitrogens with one attached hydrogen (secondary N) is 1. The monoisotopic (exact) mass is 282 g/mol. The molecule has 1 aliphatic rings. The quantitative estimate of drug-likeness (QED) is 0.878. The van der Waals surface area contributed by atoms with Gasteiger partial charge in [-0.2, -0.15) is 0 Å². The molecule has 3 heteroatoms. The number of nitrogens with zero attached hydrogens (tertiary/aromatic N) is 1. The number of hydrogen-bond donors (Lipinski definition) is 1. The zero-order valence-corrected chi connectivity index (χ0v) is 11.5. The smallest absolute Gasteiger partial charge is 0.126 e. The summed E-state index contributed by atoms with van der Waals surface area (Å²) in [4.78, 5) is 4.36. The van der Waals surface area contributed by atoms with Gasteiger partial charge in [-0.05, 0) is 52.7 Å². The lowest BCUT2D eigenvalue weighted by Crippen LogP contribution is -2.31. The van der Waals surface area contributed by atoms with Crippen LogP contribution in [-0.2, 0) is 0 Å². The van der Waals surface area contributed by atoms with E-state index in [0.29, 0.717) is 11.5 Å². The van der Waals surface area contributed by atoms with Crippen LogP contribution in [0, 0.1) is 5.41 Å². The van der Waals surface area contributed by atoms with Crippen molar-refractivity contribution < 1.29 is 0 Å². The lowest BCUT2D eigenvalue weighted by atomic mass is 9.75. The van der Waals surface area contributed by atoms with Gasteiger partial charge in [0.2, 0.25) is 0 Å². The number of rotatable bonds is 2. The lowest BCUT2D eigenvalue weighted by molar-refractivity contribution is 0.229. The summed E-state index contributed by atoms with van der Waals surface area (Å²) in [6.45, 7) is 4.71. The summed E-state index contributed by atoms with van der Waals surface area (Å²) in [6, 6.07) is 4.65. The fourth-order valence-corrected chi connectivity index (χ4v) is 2.73. The average Bonchev–Trinajstić information content (AvgIpc) is 2.20. The van der Waals surface area contributed by atoms with E-state index >= 15 is 0 Å². The Morgan fingerprint density at radius 3 is 2.88 bits per heavy atom. The van der Waals surface area contributed by atoms with Crippen molar-refractivity contribution >= 4 is 21.7 Å². The lowest BCUT2D eigenvalue weighted by Gasteiger charge is -2.35. The third kappa shape index (κ3) is 3.21. The number of aromatic nitrogens is 1. The van der Waals surface area contributed by atoms with Crippen LogP contribution in [0.15, 0.2) is 22.8 Å². The molecule has 1 saturated carbocycles. The molecule has 1 heterocycles. The van der Waals surface area contributed by atoms with Crippen molar-refractivity contribution in [1.29, 1.82) is 0 Å². The molecular weight excluding hydrogens is 264 g/mol. The molecule has 2 rings (SSSR count). The molecule has 1 unspecified atom stereocenters. The summed E-state index contributed by atoms with van der Waals surface area (Å²) in [7, 11) is 0. The summed E-state index contributed by atoms with van der Waals surface area (Å²) in [5.41, 5.74) is 0.477. The van der Waals surface area contributed by atoms with Gasteiger partial charge in [-0.1, -0.05) is 20.3 Å². The second-order valence-electron chi connectivity index (χ2n) is 5.46. The van der Waals surface area contributed by atoms with E-state index in [1.54, 1.807) is 0 Å². The minimum absolute atomic E-state index is 0.477. The Labute approximate surface area is 106 Å². The average molecular weight is 283 g/mol. The van der Waals surface area contributed by atoms with Gasteiger partial charge in [0.25, 0.3) is 0 Å². The van der Waals surface area contributed by atoms with E-state index in [1.165, 1.54) is 25.7 Å². The molecule has 1 aromatic heterocycles. The van der Waals surface area contributed by atoms with Crippen LogP contribution < -0.4 is 5.32 Å². The normalized spacial score (nSPS) is 24.1. The molecule has 1 aromatic rings. The molecule has 0 amide bonds. The van der Waals surface area contributed by atoms with Crippen molar-refractivity contribution in [1.82, 2.24) is 4.98 Å². The summed E-state index contributed by atoms with van der Waals surface area (Å²) in [5.74, 6) is 0.992. The van der Waals surface area contributed by atoms with Crippen LogP contribution in [-0.4, -0.2) is 11.0 Å². The highest BCUT2D eigenvalue weighted by atomic mass is 79.9. The Bertz CT molecular complexity index is 345. The molecule has 88 valence electrons. The van der Waals surface area contributed by atoms with Crippen molar-refractivity contribution in [3.63, 3.8) is 0 Å². The molecule has 1 atom stereocenters. The van der Waals surface area contributed by atoms with E-state index < -0.39 is 0 Å². The summed E-state index contributed by atoms with van der Waals surface area (Å²) < 4.78 is 1.03. The summed E-state index contributed by atoms with van der Waals surface area (Å²) in [6.07, 6.45) is 7.02. The van der Waals surface area contributed by atoms with E-state index in [2.05, 4.69) is 40.1 Å². The minimum atomic E-state index is 0.477. The third-order valence-electron chi connectivity index (χ3n) is 3.28. The minimum Gasteiger partial charge on any atom is -0.367 e. The predicted octanol–water partition coefficient (Wildman–Crippen LogP) is 4.22. The third-order valence-corrected chi connectivity index (χ3v) is 3.75. The van der Waals surface area contributed by atoms with Crippen LogP contribution in [0.4, 0.5) is 5.82 Å². The van der Waals surface area contributed by atoms with Gasteiger partial charge in [-0.25, -0.2) is 4.98 Å². The van der Waals surface area contributed by atoms with Gasteiger partial charge < -0.3 is 5.32 Å². The van der Waals surface area contributed by atoms with Gasteiger partial charge in [0.15, 0.2) is 0 Å². The molecule has 1 N–H and O–H groups in total. The Hall–Kier alpha value is -0.570. The topological polar surface area (TPSA) is 24.9 Å². The molecule has 0 radical (unpaired) electrons. The van der Waals surface area contributed by atoms with Crippen LogP contribution in [0.25, 0.3) is 0 Å². The Balaban J connectivity index is 1.97. The first kappa shape index (κ1) is 11.9. The predicted molar refractivity (Wildman–Crippen MR) is 71.6 cm³/mol. The number of pyridine rings is 1. The maximum atomic E-state index is 4.36. The zero-order valence-electron chi connectivity index (χ0n) is 9.96. The van der Waals surface area contributed by atoms with Gasteiger partial charge >= 0.3 is 0 Å². The molecule has 1 aliphatic carbocycles.